The third kappa shape index (κ3) is 3.96. The fourth-order valence-corrected chi connectivity index (χ4v) is 1.85. The van der Waals surface area contributed by atoms with Gasteiger partial charge in [-0.25, -0.2) is 0 Å². The van der Waals surface area contributed by atoms with Crippen LogP contribution >= 0.6 is 11.6 Å². The Labute approximate surface area is 132 Å². The molecule has 106 valence electrons. The summed E-state index contributed by atoms with van der Waals surface area (Å²) in [7, 11) is 0. The molecular weight excluding hydrogens is 298 g/mol. The van der Waals surface area contributed by atoms with E-state index < -0.39 is 0 Å². The van der Waals surface area contributed by atoms with Gasteiger partial charge in [0.2, 0.25) is 0 Å². The smallest absolute Gasteiger partial charge is 0.255 e. The number of carbonyl (C=O) groups is 1. The van der Waals surface area contributed by atoms with Crippen LogP contribution in [0, 0.1) is 22.7 Å². The van der Waals surface area contributed by atoms with Crippen LogP contribution in [0.5, 0.6) is 0 Å². The lowest BCUT2D eigenvalue weighted by Crippen LogP contribution is -2.11. The molecule has 0 fully saturated rings. The van der Waals surface area contributed by atoms with Crippen LogP contribution < -0.4 is 5.32 Å². The topological polar surface area (TPSA) is 76.7 Å². The van der Waals surface area contributed by atoms with E-state index in [1.807, 2.05) is 0 Å². The highest BCUT2D eigenvalue weighted by Crippen LogP contribution is 2.15. The van der Waals surface area contributed by atoms with Crippen molar-refractivity contribution in [2.24, 2.45) is 0 Å². The molecular formula is C17H10ClN3O. The zero-order chi connectivity index (χ0) is 15.9. The van der Waals surface area contributed by atoms with Crippen LogP contribution in [0.15, 0.2) is 54.1 Å². The molecule has 2 aromatic carbocycles. The van der Waals surface area contributed by atoms with Gasteiger partial charge < -0.3 is 5.32 Å². The molecule has 1 amide bonds. The van der Waals surface area contributed by atoms with Gasteiger partial charge in [0.25, 0.3) is 5.91 Å². The summed E-state index contributed by atoms with van der Waals surface area (Å²) in [5, 5.41) is 20.7. The molecule has 22 heavy (non-hydrogen) atoms. The van der Waals surface area contributed by atoms with Crippen LogP contribution in [0.25, 0.3) is 6.08 Å². The Morgan fingerprint density at radius 2 is 1.59 bits per heavy atom. The molecule has 0 atom stereocenters. The quantitative estimate of drug-likeness (QED) is 0.870. The highest BCUT2D eigenvalue weighted by molar-refractivity contribution is 6.30. The molecule has 0 aliphatic heterocycles. The Bertz CT molecular complexity index is 778. The van der Waals surface area contributed by atoms with E-state index in [0.29, 0.717) is 21.8 Å². The zero-order valence-electron chi connectivity index (χ0n) is 11.4. The molecule has 0 unspecified atom stereocenters. The van der Waals surface area contributed by atoms with E-state index >= 15 is 0 Å². The Morgan fingerprint density at radius 3 is 2.14 bits per heavy atom. The molecule has 5 heteroatoms. The van der Waals surface area contributed by atoms with Crippen molar-refractivity contribution in [2.45, 2.75) is 0 Å². The van der Waals surface area contributed by atoms with Gasteiger partial charge in [-0.15, -0.1) is 0 Å². The van der Waals surface area contributed by atoms with Gasteiger partial charge in [-0.2, -0.15) is 10.5 Å². The van der Waals surface area contributed by atoms with Crippen LogP contribution in [0.3, 0.4) is 0 Å². The number of hydrogen-bond donors (Lipinski definition) is 1. The summed E-state index contributed by atoms with van der Waals surface area (Å²) in [4.78, 5) is 12.0. The molecule has 0 saturated heterocycles. The molecule has 0 saturated carbocycles. The zero-order valence-corrected chi connectivity index (χ0v) is 12.1. The average Bonchev–Trinajstić information content (AvgIpc) is 2.54. The van der Waals surface area contributed by atoms with E-state index in [9.17, 15) is 4.79 Å². The third-order valence-corrected chi connectivity index (χ3v) is 3.08. The lowest BCUT2D eigenvalue weighted by atomic mass is 10.1. The molecule has 2 aromatic rings. The number of anilines is 1. The van der Waals surface area contributed by atoms with E-state index in [4.69, 9.17) is 22.1 Å². The van der Waals surface area contributed by atoms with Crippen LogP contribution in [-0.4, -0.2) is 5.91 Å². The number of amides is 1. The number of rotatable bonds is 3. The Kier molecular flexibility index (Phi) is 4.93. The first-order valence-corrected chi connectivity index (χ1v) is 6.69. The molecule has 0 spiro atoms. The summed E-state index contributed by atoms with van der Waals surface area (Å²) < 4.78 is 0. The minimum Gasteiger partial charge on any atom is -0.322 e. The van der Waals surface area contributed by atoms with Crippen molar-refractivity contribution in [3.63, 3.8) is 0 Å². The van der Waals surface area contributed by atoms with Gasteiger partial charge in [0.1, 0.15) is 17.7 Å². The van der Waals surface area contributed by atoms with Crippen LogP contribution in [0.2, 0.25) is 5.02 Å². The summed E-state index contributed by atoms with van der Waals surface area (Å²) in [6.07, 6.45) is 1.48. The molecule has 0 bridgehead atoms. The lowest BCUT2D eigenvalue weighted by Gasteiger charge is -2.05. The minimum atomic E-state index is -0.241. The predicted octanol–water partition coefficient (Wildman–Crippen LogP) is 4.02. The third-order valence-electron chi connectivity index (χ3n) is 2.83. The predicted molar refractivity (Wildman–Crippen MR) is 85.1 cm³/mol. The fraction of sp³-hybridized carbons (Fsp3) is 0. The van der Waals surface area contributed by atoms with Crippen LogP contribution in [0.4, 0.5) is 5.69 Å². The number of halogens is 1. The summed E-state index contributed by atoms with van der Waals surface area (Å²) >= 11 is 5.78. The van der Waals surface area contributed by atoms with Crippen molar-refractivity contribution in [1.82, 2.24) is 0 Å². The van der Waals surface area contributed by atoms with Gasteiger partial charge >= 0.3 is 0 Å². The SMILES string of the molecule is N#CC(C#N)=Cc1ccc(NC(=O)c2ccc(Cl)cc2)cc1. The van der Waals surface area contributed by atoms with Gasteiger partial charge in [-0.3, -0.25) is 4.79 Å². The monoisotopic (exact) mass is 307 g/mol. The number of benzene rings is 2. The minimum absolute atomic E-state index is 0.0259. The first kappa shape index (κ1) is 15.3. The second-order valence-electron chi connectivity index (χ2n) is 4.36. The molecule has 0 aliphatic carbocycles. The van der Waals surface area contributed by atoms with Gasteiger partial charge in [-0.1, -0.05) is 23.7 Å². The van der Waals surface area contributed by atoms with E-state index in [1.165, 1.54) is 6.08 Å². The van der Waals surface area contributed by atoms with Gasteiger partial charge in [0.15, 0.2) is 0 Å². The highest BCUT2D eigenvalue weighted by atomic mass is 35.5. The molecule has 0 heterocycles. The van der Waals surface area contributed by atoms with Crippen molar-refractivity contribution < 1.29 is 4.79 Å². The molecule has 1 N–H and O–H groups in total. The fourth-order valence-electron chi connectivity index (χ4n) is 1.72. The van der Waals surface area contributed by atoms with Crippen molar-refractivity contribution in [1.29, 1.82) is 10.5 Å². The second kappa shape index (κ2) is 7.08. The first-order valence-electron chi connectivity index (χ1n) is 6.31. The van der Waals surface area contributed by atoms with Gasteiger partial charge in [0, 0.05) is 16.3 Å². The van der Waals surface area contributed by atoms with Gasteiger partial charge in [-0.05, 0) is 48.0 Å². The number of carbonyl (C=O) groups excluding carboxylic acids is 1. The maximum atomic E-state index is 12.0. The summed E-state index contributed by atoms with van der Waals surface area (Å²) in [5.74, 6) is -0.241. The normalized spacial score (nSPS) is 9.23. The van der Waals surface area contributed by atoms with Crippen molar-refractivity contribution in [2.75, 3.05) is 5.32 Å². The van der Waals surface area contributed by atoms with E-state index in [0.717, 1.165) is 0 Å². The van der Waals surface area contributed by atoms with Crippen LogP contribution in [0.1, 0.15) is 15.9 Å². The molecule has 2 rings (SSSR count). The van der Waals surface area contributed by atoms with Crippen molar-refractivity contribution in [3.8, 4) is 12.1 Å². The van der Waals surface area contributed by atoms with Crippen molar-refractivity contribution in [3.05, 3.63) is 70.3 Å². The summed E-state index contributed by atoms with van der Waals surface area (Å²) in [6, 6.07) is 17.0. The lowest BCUT2D eigenvalue weighted by molar-refractivity contribution is 0.102. The Balaban J connectivity index is 2.10. The highest BCUT2D eigenvalue weighted by Gasteiger charge is 2.05. The largest absolute Gasteiger partial charge is 0.322 e. The second-order valence-corrected chi connectivity index (χ2v) is 4.80. The average molecular weight is 308 g/mol. The van der Waals surface area contributed by atoms with E-state index in [2.05, 4.69) is 5.32 Å². The number of nitrogens with zero attached hydrogens (tertiary/aromatic N) is 2. The first-order chi connectivity index (χ1) is 10.6. The standard InChI is InChI=1S/C17H10ClN3O/c18-15-5-3-14(4-6-15)17(22)21-16-7-1-12(2-8-16)9-13(10-19)11-20/h1-9H,(H,21,22). The maximum absolute atomic E-state index is 12.0. The number of allylic oxidation sites excluding steroid dienone is 1. The van der Waals surface area contributed by atoms with Gasteiger partial charge in [0.05, 0.1) is 0 Å². The maximum Gasteiger partial charge on any atom is 0.255 e. The number of nitrogens with one attached hydrogen (secondary N) is 1. The summed E-state index contributed by atoms with van der Waals surface area (Å²) in [6.45, 7) is 0. The Hall–Kier alpha value is -3.08. The number of nitriles is 2. The van der Waals surface area contributed by atoms with Crippen LogP contribution in [-0.2, 0) is 0 Å². The molecule has 4 nitrogen and oxygen atoms in total. The van der Waals surface area contributed by atoms with E-state index in [1.54, 1.807) is 60.7 Å². The molecule has 0 aliphatic rings. The van der Waals surface area contributed by atoms with Crippen molar-refractivity contribution >= 4 is 29.3 Å². The Morgan fingerprint density at radius 1 is 1.00 bits per heavy atom. The summed E-state index contributed by atoms with van der Waals surface area (Å²) in [5.41, 5.74) is 1.86. The molecule has 0 aromatic heterocycles. The molecule has 0 radical (unpaired) electrons. The van der Waals surface area contributed by atoms with E-state index in [-0.39, 0.29) is 11.5 Å². The number of hydrogen-bond acceptors (Lipinski definition) is 3.